The molecule has 1 atom stereocenters. The number of hydrogen-bond acceptors (Lipinski definition) is 2. The standard InChI is InChI=1S/C16H16N2O/c1-11-7-3-4-8-12(11)15-17-14-10-6-5-9-13(14)16(19)18(15)2/h3-10,15,17H,1-2H3. The van der Waals surface area contributed by atoms with Crippen LogP contribution < -0.4 is 5.32 Å². The minimum absolute atomic E-state index is 0.0580. The summed E-state index contributed by atoms with van der Waals surface area (Å²) in [6, 6.07) is 15.8. The molecule has 3 rings (SSSR count). The van der Waals surface area contributed by atoms with Crippen molar-refractivity contribution in [2.75, 3.05) is 12.4 Å². The SMILES string of the molecule is Cc1ccccc1C1Nc2ccccc2C(=O)N1C. The van der Waals surface area contributed by atoms with Crippen LogP contribution in [0.15, 0.2) is 48.5 Å². The van der Waals surface area contributed by atoms with Gasteiger partial charge in [0.1, 0.15) is 6.17 Å². The van der Waals surface area contributed by atoms with Gasteiger partial charge in [-0.3, -0.25) is 4.79 Å². The molecule has 0 aliphatic carbocycles. The summed E-state index contributed by atoms with van der Waals surface area (Å²) in [7, 11) is 1.84. The van der Waals surface area contributed by atoms with Crippen LogP contribution in [0.4, 0.5) is 5.69 Å². The highest BCUT2D eigenvalue weighted by Crippen LogP contribution is 2.32. The second-order valence-electron chi connectivity index (χ2n) is 4.87. The highest BCUT2D eigenvalue weighted by Gasteiger charge is 2.30. The van der Waals surface area contributed by atoms with E-state index < -0.39 is 0 Å². The second-order valence-corrected chi connectivity index (χ2v) is 4.87. The molecule has 0 spiro atoms. The largest absolute Gasteiger partial charge is 0.361 e. The Hall–Kier alpha value is -2.29. The summed E-state index contributed by atoms with van der Waals surface area (Å²) < 4.78 is 0. The number of carbonyl (C=O) groups excluding carboxylic acids is 1. The molecule has 19 heavy (non-hydrogen) atoms. The number of nitrogens with zero attached hydrogens (tertiary/aromatic N) is 1. The molecule has 96 valence electrons. The predicted octanol–water partition coefficient (Wildman–Crippen LogP) is 3.19. The van der Waals surface area contributed by atoms with Crippen LogP contribution in [0.25, 0.3) is 0 Å². The first kappa shape index (κ1) is 11.8. The first-order valence-corrected chi connectivity index (χ1v) is 6.37. The van der Waals surface area contributed by atoms with E-state index in [0.29, 0.717) is 0 Å². The molecule has 1 amide bonds. The number of para-hydroxylation sites is 1. The summed E-state index contributed by atoms with van der Waals surface area (Å²) >= 11 is 0. The number of anilines is 1. The van der Waals surface area contributed by atoms with Gasteiger partial charge in [-0.1, -0.05) is 36.4 Å². The molecule has 1 aliphatic rings. The highest BCUT2D eigenvalue weighted by atomic mass is 16.2. The van der Waals surface area contributed by atoms with Crippen LogP contribution in [-0.2, 0) is 0 Å². The van der Waals surface area contributed by atoms with E-state index in [-0.39, 0.29) is 12.1 Å². The molecule has 3 nitrogen and oxygen atoms in total. The third-order valence-electron chi connectivity index (χ3n) is 3.64. The maximum absolute atomic E-state index is 12.4. The normalized spacial score (nSPS) is 17.9. The number of amides is 1. The lowest BCUT2D eigenvalue weighted by molar-refractivity contribution is 0.0735. The molecular formula is C16H16N2O. The summed E-state index contributed by atoms with van der Waals surface area (Å²) in [6.45, 7) is 2.07. The van der Waals surface area contributed by atoms with Crippen LogP contribution in [0.5, 0.6) is 0 Å². The van der Waals surface area contributed by atoms with Crippen molar-refractivity contribution in [3.05, 3.63) is 65.2 Å². The first-order chi connectivity index (χ1) is 9.18. The lowest BCUT2D eigenvalue weighted by atomic mass is 10.0. The van der Waals surface area contributed by atoms with Crippen molar-refractivity contribution in [2.24, 2.45) is 0 Å². The van der Waals surface area contributed by atoms with E-state index in [1.165, 1.54) is 5.56 Å². The number of fused-ring (bicyclic) bond motifs is 1. The summed E-state index contributed by atoms with van der Waals surface area (Å²) in [5.74, 6) is 0.0580. The maximum atomic E-state index is 12.4. The molecular weight excluding hydrogens is 236 g/mol. The highest BCUT2D eigenvalue weighted by molar-refractivity contribution is 6.01. The van der Waals surface area contributed by atoms with Crippen molar-refractivity contribution in [1.82, 2.24) is 4.90 Å². The van der Waals surface area contributed by atoms with Crippen LogP contribution >= 0.6 is 0 Å². The smallest absolute Gasteiger partial charge is 0.257 e. The Morgan fingerprint density at radius 2 is 1.74 bits per heavy atom. The predicted molar refractivity (Wildman–Crippen MR) is 76.1 cm³/mol. The van der Waals surface area contributed by atoms with Gasteiger partial charge in [0.05, 0.1) is 5.56 Å². The van der Waals surface area contributed by atoms with E-state index in [4.69, 9.17) is 0 Å². The first-order valence-electron chi connectivity index (χ1n) is 6.37. The summed E-state index contributed by atoms with van der Waals surface area (Å²) in [5.41, 5.74) is 3.94. The van der Waals surface area contributed by atoms with Crippen molar-refractivity contribution in [2.45, 2.75) is 13.1 Å². The molecule has 0 bridgehead atoms. The van der Waals surface area contributed by atoms with Gasteiger partial charge in [0, 0.05) is 12.7 Å². The zero-order valence-corrected chi connectivity index (χ0v) is 11.1. The summed E-state index contributed by atoms with van der Waals surface area (Å²) in [6.07, 6.45) is -0.108. The van der Waals surface area contributed by atoms with Gasteiger partial charge < -0.3 is 10.2 Å². The molecule has 0 aromatic heterocycles. The van der Waals surface area contributed by atoms with Crippen molar-refractivity contribution in [3.8, 4) is 0 Å². The van der Waals surface area contributed by atoms with E-state index in [1.54, 1.807) is 4.90 Å². The topological polar surface area (TPSA) is 32.3 Å². The van der Waals surface area contributed by atoms with Crippen molar-refractivity contribution < 1.29 is 4.79 Å². The van der Waals surface area contributed by atoms with Crippen LogP contribution in [-0.4, -0.2) is 17.9 Å². The van der Waals surface area contributed by atoms with Gasteiger partial charge in [0.2, 0.25) is 0 Å². The lowest BCUT2D eigenvalue weighted by Gasteiger charge is -2.36. The Kier molecular flexibility index (Phi) is 2.75. The summed E-state index contributed by atoms with van der Waals surface area (Å²) in [5, 5.41) is 3.44. The Bertz CT molecular complexity index is 636. The third kappa shape index (κ3) is 1.87. The fourth-order valence-electron chi connectivity index (χ4n) is 2.53. The molecule has 2 aromatic carbocycles. The summed E-state index contributed by atoms with van der Waals surface area (Å²) in [4.78, 5) is 14.2. The van der Waals surface area contributed by atoms with E-state index in [0.717, 1.165) is 16.8 Å². The number of aryl methyl sites for hydroxylation is 1. The zero-order valence-electron chi connectivity index (χ0n) is 11.1. The Labute approximate surface area is 112 Å². The van der Waals surface area contributed by atoms with Crippen LogP contribution in [0, 0.1) is 6.92 Å². The maximum Gasteiger partial charge on any atom is 0.257 e. The van der Waals surface area contributed by atoms with E-state index in [9.17, 15) is 4.79 Å². The monoisotopic (exact) mass is 252 g/mol. The van der Waals surface area contributed by atoms with Crippen molar-refractivity contribution in [3.63, 3.8) is 0 Å². The van der Waals surface area contributed by atoms with Crippen LogP contribution in [0.2, 0.25) is 0 Å². The Morgan fingerprint density at radius 3 is 2.53 bits per heavy atom. The van der Waals surface area contributed by atoms with Crippen molar-refractivity contribution in [1.29, 1.82) is 0 Å². The Morgan fingerprint density at radius 1 is 1.05 bits per heavy atom. The lowest BCUT2D eigenvalue weighted by Crippen LogP contribution is -2.40. The quantitative estimate of drug-likeness (QED) is 0.845. The van der Waals surface area contributed by atoms with Gasteiger partial charge in [-0.15, -0.1) is 0 Å². The molecule has 1 aliphatic heterocycles. The molecule has 0 radical (unpaired) electrons. The van der Waals surface area contributed by atoms with Crippen LogP contribution in [0.1, 0.15) is 27.7 Å². The average molecular weight is 252 g/mol. The van der Waals surface area contributed by atoms with Gasteiger partial charge in [-0.05, 0) is 30.2 Å². The van der Waals surface area contributed by atoms with Gasteiger partial charge in [-0.25, -0.2) is 0 Å². The number of carbonyl (C=O) groups is 1. The van der Waals surface area contributed by atoms with Crippen LogP contribution in [0.3, 0.4) is 0 Å². The number of nitrogens with one attached hydrogen (secondary N) is 1. The number of hydrogen-bond donors (Lipinski definition) is 1. The molecule has 0 saturated heterocycles. The average Bonchev–Trinajstić information content (AvgIpc) is 2.44. The molecule has 0 fully saturated rings. The van der Waals surface area contributed by atoms with Gasteiger partial charge in [0.25, 0.3) is 5.91 Å². The van der Waals surface area contributed by atoms with Gasteiger partial charge in [-0.2, -0.15) is 0 Å². The van der Waals surface area contributed by atoms with E-state index in [2.05, 4.69) is 24.4 Å². The number of benzene rings is 2. The van der Waals surface area contributed by atoms with Crippen molar-refractivity contribution >= 4 is 11.6 Å². The molecule has 1 unspecified atom stereocenters. The fourth-order valence-corrected chi connectivity index (χ4v) is 2.53. The zero-order chi connectivity index (χ0) is 13.4. The van der Waals surface area contributed by atoms with E-state index in [1.807, 2.05) is 43.4 Å². The molecule has 1 heterocycles. The Balaban J connectivity index is 2.07. The van der Waals surface area contributed by atoms with Gasteiger partial charge >= 0.3 is 0 Å². The minimum Gasteiger partial charge on any atom is -0.361 e. The van der Waals surface area contributed by atoms with Gasteiger partial charge in [0.15, 0.2) is 0 Å². The van der Waals surface area contributed by atoms with E-state index >= 15 is 0 Å². The second kappa shape index (κ2) is 4.43. The number of rotatable bonds is 1. The molecule has 1 N–H and O–H groups in total. The third-order valence-corrected chi connectivity index (χ3v) is 3.64. The molecule has 2 aromatic rings. The molecule has 3 heteroatoms. The minimum atomic E-state index is -0.108. The molecule has 0 saturated carbocycles. The fraction of sp³-hybridized carbons (Fsp3) is 0.188.